The first-order valence-electron chi connectivity index (χ1n) is 7.09. The number of anilines is 1. The van der Waals surface area contributed by atoms with Crippen LogP contribution >= 0.6 is 0 Å². The predicted octanol–water partition coefficient (Wildman–Crippen LogP) is 3.33. The Balaban J connectivity index is 2.62. The summed E-state index contributed by atoms with van der Waals surface area (Å²) < 4.78 is 0. The third-order valence-electron chi connectivity index (χ3n) is 3.48. The number of hydrogen-bond acceptors (Lipinski definition) is 2. The molecule has 0 fully saturated rings. The molecule has 0 aromatic heterocycles. The van der Waals surface area contributed by atoms with Crippen molar-refractivity contribution in [3.8, 4) is 0 Å². The minimum absolute atomic E-state index is 0.0296. The van der Waals surface area contributed by atoms with E-state index in [0.29, 0.717) is 12.6 Å². The van der Waals surface area contributed by atoms with Crippen LogP contribution in [-0.4, -0.2) is 18.5 Å². The van der Waals surface area contributed by atoms with E-state index in [0.717, 1.165) is 29.7 Å². The SMILES string of the molecule is CCC(CC)NCC(=O)Nc1c(C)cc(C)cc1C. The highest BCUT2D eigenvalue weighted by Crippen LogP contribution is 2.21. The van der Waals surface area contributed by atoms with Crippen molar-refractivity contribution in [1.82, 2.24) is 5.32 Å². The average Bonchev–Trinajstić information content (AvgIpc) is 2.35. The second kappa shape index (κ2) is 7.29. The molecule has 0 heterocycles. The normalized spacial score (nSPS) is 10.8. The van der Waals surface area contributed by atoms with Crippen molar-refractivity contribution >= 4 is 11.6 Å². The molecule has 0 aliphatic carbocycles. The summed E-state index contributed by atoms with van der Waals surface area (Å²) in [4.78, 5) is 12.0. The Morgan fingerprint density at radius 1 is 1.11 bits per heavy atom. The fourth-order valence-corrected chi connectivity index (χ4v) is 2.38. The van der Waals surface area contributed by atoms with Gasteiger partial charge in [0, 0.05) is 11.7 Å². The summed E-state index contributed by atoms with van der Waals surface area (Å²) >= 11 is 0. The van der Waals surface area contributed by atoms with E-state index in [1.165, 1.54) is 5.56 Å². The Morgan fingerprint density at radius 3 is 2.11 bits per heavy atom. The zero-order valence-electron chi connectivity index (χ0n) is 12.8. The lowest BCUT2D eigenvalue weighted by Gasteiger charge is -2.16. The van der Waals surface area contributed by atoms with Crippen LogP contribution in [-0.2, 0) is 4.79 Å². The molecule has 1 amide bonds. The lowest BCUT2D eigenvalue weighted by atomic mass is 10.1. The summed E-state index contributed by atoms with van der Waals surface area (Å²) in [6.07, 6.45) is 2.10. The summed E-state index contributed by atoms with van der Waals surface area (Å²) in [5, 5.41) is 6.29. The van der Waals surface area contributed by atoms with Crippen molar-refractivity contribution in [3.63, 3.8) is 0 Å². The summed E-state index contributed by atoms with van der Waals surface area (Å²) in [5.41, 5.74) is 4.41. The molecule has 0 spiro atoms. The molecular weight excluding hydrogens is 236 g/mol. The number of aryl methyl sites for hydroxylation is 3. The van der Waals surface area contributed by atoms with Crippen LogP contribution in [0.3, 0.4) is 0 Å². The minimum Gasteiger partial charge on any atom is -0.324 e. The molecule has 3 nitrogen and oxygen atoms in total. The van der Waals surface area contributed by atoms with Gasteiger partial charge in [-0.25, -0.2) is 0 Å². The Hall–Kier alpha value is -1.35. The molecule has 1 aromatic carbocycles. The third kappa shape index (κ3) is 4.67. The van der Waals surface area contributed by atoms with Gasteiger partial charge in [-0.15, -0.1) is 0 Å². The molecule has 106 valence electrons. The second-order valence-electron chi connectivity index (χ2n) is 5.22. The van der Waals surface area contributed by atoms with Crippen LogP contribution in [0.1, 0.15) is 43.4 Å². The molecule has 0 saturated carbocycles. The first-order valence-corrected chi connectivity index (χ1v) is 7.09. The van der Waals surface area contributed by atoms with Crippen LogP contribution < -0.4 is 10.6 Å². The van der Waals surface area contributed by atoms with E-state index >= 15 is 0 Å². The van der Waals surface area contributed by atoms with Gasteiger partial charge in [0.2, 0.25) is 5.91 Å². The van der Waals surface area contributed by atoms with Gasteiger partial charge in [0.25, 0.3) is 0 Å². The van der Waals surface area contributed by atoms with Crippen molar-refractivity contribution in [3.05, 3.63) is 28.8 Å². The van der Waals surface area contributed by atoms with Crippen LogP contribution in [0.25, 0.3) is 0 Å². The Morgan fingerprint density at radius 2 is 1.63 bits per heavy atom. The number of carbonyl (C=O) groups is 1. The van der Waals surface area contributed by atoms with Gasteiger partial charge < -0.3 is 10.6 Å². The molecular formula is C16H26N2O. The first-order chi connectivity index (χ1) is 8.97. The molecule has 0 saturated heterocycles. The first kappa shape index (κ1) is 15.7. The molecule has 0 aliphatic rings. The van der Waals surface area contributed by atoms with Crippen LogP contribution in [0.5, 0.6) is 0 Å². The summed E-state index contributed by atoms with van der Waals surface area (Å²) in [7, 11) is 0. The number of amides is 1. The lowest BCUT2D eigenvalue weighted by molar-refractivity contribution is -0.115. The maximum Gasteiger partial charge on any atom is 0.238 e. The van der Waals surface area contributed by atoms with E-state index in [1.54, 1.807) is 0 Å². The Kier molecular flexibility index (Phi) is 6.03. The topological polar surface area (TPSA) is 41.1 Å². The van der Waals surface area contributed by atoms with Crippen molar-refractivity contribution in [1.29, 1.82) is 0 Å². The van der Waals surface area contributed by atoms with Crippen LogP contribution in [0, 0.1) is 20.8 Å². The fraction of sp³-hybridized carbons (Fsp3) is 0.562. The van der Waals surface area contributed by atoms with Gasteiger partial charge in [-0.05, 0) is 44.7 Å². The lowest BCUT2D eigenvalue weighted by Crippen LogP contribution is -2.35. The zero-order chi connectivity index (χ0) is 14.4. The molecule has 0 atom stereocenters. The average molecular weight is 262 g/mol. The summed E-state index contributed by atoms with van der Waals surface area (Å²) in [6.45, 7) is 10.8. The standard InChI is InChI=1S/C16H26N2O/c1-6-14(7-2)17-10-15(19)18-16-12(4)8-11(3)9-13(16)5/h8-9,14,17H,6-7,10H2,1-5H3,(H,18,19). The van der Waals surface area contributed by atoms with Gasteiger partial charge in [-0.1, -0.05) is 31.5 Å². The van der Waals surface area contributed by atoms with E-state index in [9.17, 15) is 4.79 Å². The molecule has 1 rings (SSSR count). The van der Waals surface area contributed by atoms with Crippen molar-refractivity contribution in [2.24, 2.45) is 0 Å². The van der Waals surface area contributed by atoms with Crippen LogP contribution in [0.15, 0.2) is 12.1 Å². The number of carbonyl (C=O) groups excluding carboxylic acids is 1. The number of benzene rings is 1. The molecule has 3 heteroatoms. The molecule has 2 N–H and O–H groups in total. The van der Waals surface area contributed by atoms with Crippen LogP contribution in [0.4, 0.5) is 5.69 Å². The highest BCUT2D eigenvalue weighted by atomic mass is 16.1. The molecule has 0 bridgehead atoms. The fourth-order valence-electron chi connectivity index (χ4n) is 2.38. The van der Waals surface area contributed by atoms with Gasteiger partial charge in [0.15, 0.2) is 0 Å². The number of nitrogens with one attached hydrogen (secondary N) is 2. The summed E-state index contributed by atoms with van der Waals surface area (Å²) in [5.74, 6) is 0.0296. The van der Waals surface area contributed by atoms with E-state index in [2.05, 4.69) is 43.5 Å². The molecule has 1 aromatic rings. The van der Waals surface area contributed by atoms with Gasteiger partial charge in [-0.2, -0.15) is 0 Å². The van der Waals surface area contributed by atoms with Gasteiger partial charge in [0.05, 0.1) is 6.54 Å². The van der Waals surface area contributed by atoms with Gasteiger partial charge >= 0.3 is 0 Å². The quantitative estimate of drug-likeness (QED) is 0.825. The highest BCUT2D eigenvalue weighted by molar-refractivity contribution is 5.93. The van der Waals surface area contributed by atoms with Gasteiger partial charge in [0.1, 0.15) is 0 Å². The van der Waals surface area contributed by atoms with E-state index < -0.39 is 0 Å². The largest absolute Gasteiger partial charge is 0.324 e. The smallest absolute Gasteiger partial charge is 0.238 e. The Bertz CT molecular complexity index is 413. The maximum atomic E-state index is 12.0. The predicted molar refractivity (Wildman–Crippen MR) is 81.7 cm³/mol. The van der Waals surface area contributed by atoms with E-state index in [4.69, 9.17) is 0 Å². The van der Waals surface area contributed by atoms with Crippen LogP contribution in [0.2, 0.25) is 0 Å². The van der Waals surface area contributed by atoms with Crippen molar-refractivity contribution in [2.45, 2.75) is 53.5 Å². The summed E-state index contributed by atoms with van der Waals surface area (Å²) in [6, 6.07) is 4.61. The molecule has 0 aliphatic heterocycles. The van der Waals surface area contributed by atoms with Crippen molar-refractivity contribution < 1.29 is 4.79 Å². The van der Waals surface area contributed by atoms with E-state index in [1.807, 2.05) is 13.8 Å². The minimum atomic E-state index is 0.0296. The molecule has 0 radical (unpaired) electrons. The van der Waals surface area contributed by atoms with Crippen molar-refractivity contribution in [2.75, 3.05) is 11.9 Å². The third-order valence-corrected chi connectivity index (χ3v) is 3.48. The zero-order valence-corrected chi connectivity index (χ0v) is 12.8. The maximum absolute atomic E-state index is 12.0. The van der Waals surface area contributed by atoms with Gasteiger partial charge in [-0.3, -0.25) is 4.79 Å². The second-order valence-corrected chi connectivity index (χ2v) is 5.22. The molecule has 0 unspecified atom stereocenters. The number of rotatable bonds is 6. The molecule has 19 heavy (non-hydrogen) atoms. The Labute approximate surface area is 116 Å². The number of hydrogen-bond donors (Lipinski definition) is 2. The monoisotopic (exact) mass is 262 g/mol. The highest BCUT2D eigenvalue weighted by Gasteiger charge is 2.10. The van der Waals surface area contributed by atoms with E-state index in [-0.39, 0.29) is 5.91 Å².